The van der Waals surface area contributed by atoms with E-state index >= 15 is 0 Å². The Kier molecular flexibility index (Phi) is 3.37. The average Bonchev–Trinajstić information content (AvgIpc) is 2.14. The maximum absolute atomic E-state index is 13.2. The first kappa shape index (κ1) is 10.1. The quantitative estimate of drug-likeness (QED) is 0.768. The van der Waals surface area contributed by atoms with Gasteiger partial charge in [-0.05, 0) is 30.5 Å². The lowest BCUT2D eigenvalue weighted by Crippen LogP contribution is -2.13. The van der Waals surface area contributed by atoms with Gasteiger partial charge in [-0.1, -0.05) is 19.1 Å². The van der Waals surface area contributed by atoms with Gasteiger partial charge in [0.25, 0.3) is 0 Å². The second-order valence-corrected chi connectivity index (χ2v) is 2.98. The van der Waals surface area contributed by atoms with Crippen molar-refractivity contribution in [2.45, 2.75) is 19.3 Å². The Balaban J connectivity index is 3.05. The van der Waals surface area contributed by atoms with E-state index in [1.165, 1.54) is 6.07 Å². The predicted molar refractivity (Wildman–Crippen MR) is 48.4 cm³/mol. The highest BCUT2D eigenvalue weighted by molar-refractivity contribution is 5.23. The minimum atomic E-state index is -0.801. The Bertz CT molecular complexity index is 282. The van der Waals surface area contributed by atoms with E-state index in [9.17, 15) is 8.78 Å². The molecule has 0 fully saturated rings. The average molecular weight is 185 g/mol. The Morgan fingerprint density at radius 2 is 2.08 bits per heavy atom. The Hall–Kier alpha value is -0.960. The van der Waals surface area contributed by atoms with Crippen molar-refractivity contribution in [1.82, 2.24) is 0 Å². The molecule has 72 valence electrons. The smallest absolute Gasteiger partial charge is 0.162 e. The number of nitrogens with two attached hydrogens (primary N) is 1. The van der Waals surface area contributed by atoms with Crippen LogP contribution in [0.1, 0.15) is 24.8 Å². The van der Waals surface area contributed by atoms with Crippen LogP contribution >= 0.6 is 0 Å². The van der Waals surface area contributed by atoms with Crippen LogP contribution in [0.2, 0.25) is 0 Å². The summed E-state index contributed by atoms with van der Waals surface area (Å²) in [4.78, 5) is 0. The van der Waals surface area contributed by atoms with Crippen LogP contribution in [0.4, 0.5) is 8.78 Å². The minimum absolute atomic E-state index is 0.0873. The molecule has 1 rings (SSSR count). The fraction of sp³-hybridized carbons (Fsp3) is 0.400. The van der Waals surface area contributed by atoms with E-state index in [-0.39, 0.29) is 5.92 Å². The van der Waals surface area contributed by atoms with Crippen LogP contribution in [0, 0.1) is 11.6 Å². The van der Waals surface area contributed by atoms with Crippen molar-refractivity contribution >= 4 is 0 Å². The molecule has 1 aromatic carbocycles. The first-order valence-electron chi connectivity index (χ1n) is 4.34. The van der Waals surface area contributed by atoms with Gasteiger partial charge in [0.1, 0.15) is 0 Å². The fourth-order valence-corrected chi connectivity index (χ4v) is 1.35. The van der Waals surface area contributed by atoms with Crippen molar-refractivity contribution in [3.05, 3.63) is 35.4 Å². The molecule has 0 saturated carbocycles. The van der Waals surface area contributed by atoms with Crippen LogP contribution in [0.3, 0.4) is 0 Å². The summed E-state index contributed by atoms with van der Waals surface area (Å²) in [5.41, 5.74) is 5.82. The standard InChI is InChI=1S/C10H13F2N/c1-2-7(6-13)8-4-3-5-9(11)10(8)12/h3-5,7H,2,6,13H2,1H3. The molecule has 0 aliphatic heterocycles. The molecule has 1 unspecified atom stereocenters. The maximum Gasteiger partial charge on any atom is 0.162 e. The monoisotopic (exact) mass is 185 g/mol. The van der Waals surface area contributed by atoms with Crippen molar-refractivity contribution in [2.75, 3.05) is 6.54 Å². The molecule has 0 bridgehead atoms. The van der Waals surface area contributed by atoms with E-state index in [1.807, 2.05) is 6.92 Å². The van der Waals surface area contributed by atoms with Gasteiger partial charge < -0.3 is 5.73 Å². The number of rotatable bonds is 3. The van der Waals surface area contributed by atoms with Crippen molar-refractivity contribution < 1.29 is 8.78 Å². The van der Waals surface area contributed by atoms with Gasteiger partial charge in [0.2, 0.25) is 0 Å². The van der Waals surface area contributed by atoms with Gasteiger partial charge in [-0.25, -0.2) is 8.78 Å². The summed E-state index contributed by atoms with van der Waals surface area (Å²) in [6.07, 6.45) is 0.719. The lowest BCUT2D eigenvalue weighted by atomic mass is 9.96. The van der Waals surface area contributed by atoms with Crippen molar-refractivity contribution in [3.8, 4) is 0 Å². The van der Waals surface area contributed by atoms with Crippen LogP contribution < -0.4 is 5.73 Å². The highest BCUT2D eigenvalue weighted by Gasteiger charge is 2.14. The molecule has 13 heavy (non-hydrogen) atoms. The summed E-state index contributed by atoms with van der Waals surface area (Å²) in [7, 11) is 0. The van der Waals surface area contributed by atoms with E-state index in [0.717, 1.165) is 12.5 Å². The molecule has 1 aromatic rings. The van der Waals surface area contributed by atoms with E-state index in [2.05, 4.69) is 0 Å². The maximum atomic E-state index is 13.2. The molecular weight excluding hydrogens is 172 g/mol. The zero-order chi connectivity index (χ0) is 9.84. The molecule has 0 amide bonds. The molecule has 0 radical (unpaired) electrons. The molecule has 0 aliphatic rings. The first-order chi connectivity index (χ1) is 6.20. The van der Waals surface area contributed by atoms with Crippen molar-refractivity contribution in [3.63, 3.8) is 0 Å². The van der Waals surface area contributed by atoms with E-state index < -0.39 is 11.6 Å². The first-order valence-corrected chi connectivity index (χ1v) is 4.34. The minimum Gasteiger partial charge on any atom is -0.330 e. The molecule has 0 aliphatic carbocycles. The third kappa shape index (κ3) is 2.04. The highest BCUT2D eigenvalue weighted by atomic mass is 19.2. The highest BCUT2D eigenvalue weighted by Crippen LogP contribution is 2.22. The lowest BCUT2D eigenvalue weighted by Gasteiger charge is -2.13. The summed E-state index contributed by atoms with van der Waals surface area (Å²) in [5.74, 6) is -1.65. The number of benzene rings is 1. The second-order valence-electron chi connectivity index (χ2n) is 2.98. The van der Waals surface area contributed by atoms with Gasteiger partial charge in [0.15, 0.2) is 11.6 Å². The molecule has 2 N–H and O–H groups in total. The molecule has 1 atom stereocenters. The Morgan fingerprint density at radius 1 is 1.38 bits per heavy atom. The number of hydrogen-bond donors (Lipinski definition) is 1. The molecule has 0 aromatic heterocycles. The Labute approximate surface area is 76.6 Å². The molecular formula is C10H13F2N. The fourth-order valence-electron chi connectivity index (χ4n) is 1.35. The molecule has 0 spiro atoms. The summed E-state index contributed by atoms with van der Waals surface area (Å²) in [6.45, 7) is 2.25. The van der Waals surface area contributed by atoms with Gasteiger partial charge >= 0.3 is 0 Å². The van der Waals surface area contributed by atoms with E-state index in [0.29, 0.717) is 12.1 Å². The molecule has 0 heterocycles. The topological polar surface area (TPSA) is 26.0 Å². The number of halogens is 2. The Morgan fingerprint density at radius 3 is 2.62 bits per heavy atom. The van der Waals surface area contributed by atoms with Gasteiger partial charge in [-0.3, -0.25) is 0 Å². The third-order valence-electron chi connectivity index (χ3n) is 2.20. The van der Waals surface area contributed by atoms with Gasteiger partial charge in [0, 0.05) is 0 Å². The van der Waals surface area contributed by atoms with Gasteiger partial charge in [-0.2, -0.15) is 0 Å². The second kappa shape index (κ2) is 4.33. The molecule has 3 heteroatoms. The predicted octanol–water partition coefficient (Wildman–Crippen LogP) is 2.42. The zero-order valence-corrected chi connectivity index (χ0v) is 7.56. The summed E-state index contributed by atoms with van der Waals surface area (Å²) in [5, 5.41) is 0. The van der Waals surface area contributed by atoms with Crippen molar-refractivity contribution in [2.24, 2.45) is 5.73 Å². The van der Waals surface area contributed by atoms with Crippen LogP contribution in [0.25, 0.3) is 0 Å². The van der Waals surface area contributed by atoms with Gasteiger partial charge in [-0.15, -0.1) is 0 Å². The summed E-state index contributed by atoms with van der Waals surface area (Å²) < 4.78 is 26.0. The van der Waals surface area contributed by atoms with Crippen LogP contribution in [0.15, 0.2) is 18.2 Å². The van der Waals surface area contributed by atoms with Crippen molar-refractivity contribution in [1.29, 1.82) is 0 Å². The SMILES string of the molecule is CCC(CN)c1cccc(F)c1F. The largest absolute Gasteiger partial charge is 0.330 e. The molecule has 0 saturated heterocycles. The van der Waals surface area contributed by atoms with Gasteiger partial charge in [0.05, 0.1) is 0 Å². The van der Waals surface area contributed by atoms with Crippen LogP contribution in [-0.2, 0) is 0 Å². The van der Waals surface area contributed by atoms with Crippen LogP contribution in [-0.4, -0.2) is 6.54 Å². The van der Waals surface area contributed by atoms with E-state index in [1.54, 1.807) is 6.07 Å². The molecule has 1 nitrogen and oxygen atoms in total. The van der Waals surface area contributed by atoms with E-state index in [4.69, 9.17) is 5.73 Å². The normalized spacial score (nSPS) is 12.9. The zero-order valence-electron chi connectivity index (χ0n) is 7.56. The third-order valence-corrected chi connectivity index (χ3v) is 2.20. The summed E-state index contributed by atoms with van der Waals surface area (Å²) >= 11 is 0. The van der Waals surface area contributed by atoms with Crippen LogP contribution in [0.5, 0.6) is 0 Å². The summed E-state index contributed by atoms with van der Waals surface area (Å²) in [6, 6.07) is 4.20. The lowest BCUT2D eigenvalue weighted by molar-refractivity contribution is 0.485. The number of hydrogen-bond acceptors (Lipinski definition) is 1.